The Labute approximate surface area is 146 Å². The second-order valence-corrected chi connectivity index (χ2v) is 6.50. The minimum atomic E-state index is 0.165. The van der Waals surface area contributed by atoms with Gasteiger partial charge in [-0.3, -0.25) is 14.9 Å². The van der Waals surface area contributed by atoms with Crippen LogP contribution in [0.15, 0.2) is 48.8 Å². The van der Waals surface area contributed by atoms with Gasteiger partial charge in [-0.1, -0.05) is 29.8 Å². The Morgan fingerprint density at radius 3 is 2.88 bits per heavy atom. The zero-order valence-electron chi connectivity index (χ0n) is 14.2. The minimum absolute atomic E-state index is 0.165. The number of hydrogen-bond acceptors (Lipinski definition) is 3. The zero-order chi connectivity index (χ0) is 17.2. The summed E-state index contributed by atoms with van der Waals surface area (Å²) in [6.07, 6.45) is 4.78. The van der Waals surface area contributed by atoms with Crippen LogP contribution in [-0.2, 0) is 24.2 Å². The lowest BCUT2D eigenvalue weighted by molar-refractivity contribution is -0.131. The third-order valence-electron chi connectivity index (χ3n) is 4.68. The summed E-state index contributed by atoms with van der Waals surface area (Å²) in [5.74, 6) is 0.165. The molecule has 1 amide bonds. The standard InChI is InChI=1S/C20H20N4O/c1-14-3-2-4-15(11-14)12-19(25)24-10-7-18-17(13-24)20(23-22-18)16-5-8-21-9-6-16/h2-6,8-9,11H,7,10,12-13H2,1H3,(H,22,23). The molecule has 0 unspecified atom stereocenters. The number of amides is 1. The molecule has 0 saturated heterocycles. The Morgan fingerprint density at radius 1 is 1.24 bits per heavy atom. The Kier molecular flexibility index (Phi) is 4.06. The van der Waals surface area contributed by atoms with E-state index in [0.717, 1.165) is 41.0 Å². The van der Waals surface area contributed by atoms with E-state index in [2.05, 4.69) is 21.2 Å². The number of aromatic amines is 1. The number of hydrogen-bond donors (Lipinski definition) is 1. The average molecular weight is 332 g/mol. The van der Waals surface area contributed by atoms with Crippen LogP contribution in [0.5, 0.6) is 0 Å². The van der Waals surface area contributed by atoms with E-state index in [-0.39, 0.29) is 5.91 Å². The Balaban J connectivity index is 1.54. The maximum Gasteiger partial charge on any atom is 0.227 e. The number of aromatic nitrogens is 3. The fourth-order valence-corrected chi connectivity index (χ4v) is 3.37. The number of pyridine rings is 1. The highest BCUT2D eigenvalue weighted by atomic mass is 16.2. The van der Waals surface area contributed by atoms with Crippen molar-refractivity contribution >= 4 is 5.91 Å². The molecule has 0 spiro atoms. The van der Waals surface area contributed by atoms with Crippen molar-refractivity contribution in [2.24, 2.45) is 0 Å². The number of carbonyl (C=O) groups is 1. The number of aryl methyl sites for hydroxylation is 1. The number of nitrogens with zero attached hydrogens (tertiary/aromatic N) is 3. The van der Waals surface area contributed by atoms with Crippen LogP contribution in [0.25, 0.3) is 11.3 Å². The molecule has 1 aromatic carbocycles. The van der Waals surface area contributed by atoms with Gasteiger partial charge < -0.3 is 4.90 Å². The summed E-state index contributed by atoms with van der Waals surface area (Å²) in [5.41, 5.74) is 6.45. The van der Waals surface area contributed by atoms with Crippen LogP contribution in [0.4, 0.5) is 0 Å². The van der Waals surface area contributed by atoms with Gasteiger partial charge in [0, 0.05) is 48.7 Å². The van der Waals surface area contributed by atoms with E-state index in [1.165, 1.54) is 5.56 Å². The quantitative estimate of drug-likeness (QED) is 0.802. The predicted molar refractivity (Wildman–Crippen MR) is 95.8 cm³/mol. The lowest BCUT2D eigenvalue weighted by atomic mass is 10.0. The van der Waals surface area contributed by atoms with Crippen molar-refractivity contribution in [1.82, 2.24) is 20.1 Å². The third-order valence-corrected chi connectivity index (χ3v) is 4.68. The lowest BCUT2D eigenvalue weighted by Crippen LogP contribution is -2.36. The Hall–Kier alpha value is -2.95. The Bertz CT molecular complexity index is 901. The second-order valence-electron chi connectivity index (χ2n) is 6.50. The number of H-pyrrole nitrogens is 1. The Morgan fingerprint density at radius 2 is 2.08 bits per heavy atom. The van der Waals surface area contributed by atoms with Crippen LogP contribution in [0.3, 0.4) is 0 Å². The number of carbonyl (C=O) groups excluding carboxylic acids is 1. The molecule has 3 heterocycles. The van der Waals surface area contributed by atoms with Crippen LogP contribution in [0.1, 0.15) is 22.4 Å². The number of benzene rings is 1. The van der Waals surface area contributed by atoms with Gasteiger partial charge >= 0.3 is 0 Å². The molecule has 1 aliphatic heterocycles. The van der Waals surface area contributed by atoms with Crippen molar-refractivity contribution in [2.45, 2.75) is 26.3 Å². The van der Waals surface area contributed by atoms with Gasteiger partial charge in [-0.25, -0.2) is 0 Å². The van der Waals surface area contributed by atoms with Crippen LogP contribution in [-0.4, -0.2) is 32.5 Å². The van der Waals surface area contributed by atoms with E-state index >= 15 is 0 Å². The average Bonchev–Trinajstić information content (AvgIpc) is 3.05. The molecule has 0 saturated carbocycles. The molecule has 0 fully saturated rings. The first kappa shape index (κ1) is 15.6. The zero-order valence-corrected chi connectivity index (χ0v) is 14.2. The summed E-state index contributed by atoms with van der Waals surface area (Å²) in [7, 11) is 0. The largest absolute Gasteiger partial charge is 0.338 e. The normalized spacial score (nSPS) is 13.6. The van der Waals surface area contributed by atoms with Crippen molar-refractivity contribution in [3.63, 3.8) is 0 Å². The van der Waals surface area contributed by atoms with Crippen LogP contribution >= 0.6 is 0 Å². The molecule has 1 aliphatic rings. The van der Waals surface area contributed by atoms with E-state index in [1.54, 1.807) is 12.4 Å². The van der Waals surface area contributed by atoms with Gasteiger partial charge in [0.15, 0.2) is 0 Å². The van der Waals surface area contributed by atoms with Crippen molar-refractivity contribution in [3.8, 4) is 11.3 Å². The lowest BCUT2D eigenvalue weighted by Gasteiger charge is -2.27. The third kappa shape index (κ3) is 3.18. The van der Waals surface area contributed by atoms with Gasteiger partial charge in [-0.05, 0) is 24.6 Å². The van der Waals surface area contributed by atoms with Gasteiger partial charge in [0.05, 0.1) is 12.1 Å². The molecule has 0 aliphatic carbocycles. The molecule has 4 rings (SSSR count). The van der Waals surface area contributed by atoms with E-state index < -0.39 is 0 Å². The first-order valence-electron chi connectivity index (χ1n) is 8.50. The summed E-state index contributed by atoms with van der Waals surface area (Å²) in [5, 5.41) is 7.60. The molecule has 3 aromatic rings. The van der Waals surface area contributed by atoms with E-state index in [0.29, 0.717) is 13.0 Å². The van der Waals surface area contributed by atoms with Crippen LogP contribution in [0, 0.1) is 6.92 Å². The fraction of sp³-hybridized carbons (Fsp3) is 0.250. The van der Waals surface area contributed by atoms with E-state index in [9.17, 15) is 4.79 Å². The van der Waals surface area contributed by atoms with Crippen LogP contribution < -0.4 is 0 Å². The molecule has 0 atom stereocenters. The van der Waals surface area contributed by atoms with E-state index in [1.807, 2.05) is 42.2 Å². The molecule has 126 valence electrons. The van der Waals surface area contributed by atoms with Crippen LogP contribution in [0.2, 0.25) is 0 Å². The smallest absolute Gasteiger partial charge is 0.227 e. The molecule has 2 aromatic heterocycles. The maximum absolute atomic E-state index is 12.7. The molecular weight excluding hydrogens is 312 g/mol. The number of rotatable bonds is 3. The molecule has 5 heteroatoms. The summed E-state index contributed by atoms with van der Waals surface area (Å²) >= 11 is 0. The summed E-state index contributed by atoms with van der Waals surface area (Å²) in [6, 6.07) is 12.0. The van der Waals surface area contributed by atoms with Gasteiger partial charge in [0.1, 0.15) is 0 Å². The first-order chi connectivity index (χ1) is 12.2. The molecular formula is C20H20N4O. The summed E-state index contributed by atoms with van der Waals surface area (Å²) in [6.45, 7) is 3.39. The second kappa shape index (κ2) is 6.51. The highest BCUT2D eigenvalue weighted by molar-refractivity contribution is 5.79. The van der Waals surface area contributed by atoms with Crippen molar-refractivity contribution in [2.75, 3.05) is 6.54 Å². The van der Waals surface area contributed by atoms with E-state index in [4.69, 9.17) is 0 Å². The van der Waals surface area contributed by atoms with Gasteiger partial charge in [-0.2, -0.15) is 5.10 Å². The maximum atomic E-state index is 12.7. The fourth-order valence-electron chi connectivity index (χ4n) is 3.37. The topological polar surface area (TPSA) is 61.9 Å². The van der Waals surface area contributed by atoms with Gasteiger partial charge in [0.25, 0.3) is 0 Å². The van der Waals surface area contributed by atoms with Gasteiger partial charge in [-0.15, -0.1) is 0 Å². The summed E-state index contributed by atoms with van der Waals surface area (Å²) < 4.78 is 0. The predicted octanol–water partition coefficient (Wildman–Crippen LogP) is 2.91. The molecule has 25 heavy (non-hydrogen) atoms. The highest BCUT2D eigenvalue weighted by Gasteiger charge is 2.25. The number of nitrogens with one attached hydrogen (secondary N) is 1. The molecule has 1 N–H and O–H groups in total. The van der Waals surface area contributed by atoms with Crippen molar-refractivity contribution in [3.05, 3.63) is 71.2 Å². The van der Waals surface area contributed by atoms with Crippen molar-refractivity contribution in [1.29, 1.82) is 0 Å². The molecule has 0 radical (unpaired) electrons. The van der Waals surface area contributed by atoms with Gasteiger partial charge in [0.2, 0.25) is 5.91 Å². The minimum Gasteiger partial charge on any atom is -0.338 e. The highest BCUT2D eigenvalue weighted by Crippen LogP contribution is 2.28. The number of fused-ring (bicyclic) bond motifs is 1. The molecule has 0 bridgehead atoms. The summed E-state index contributed by atoms with van der Waals surface area (Å²) in [4.78, 5) is 18.7. The van der Waals surface area contributed by atoms with Crippen molar-refractivity contribution < 1.29 is 4.79 Å². The SMILES string of the molecule is Cc1cccc(CC(=O)N2CCc3[nH]nc(-c4ccncc4)c3C2)c1. The monoisotopic (exact) mass is 332 g/mol. The first-order valence-corrected chi connectivity index (χ1v) is 8.50. The molecule has 5 nitrogen and oxygen atoms in total.